The lowest BCUT2D eigenvalue weighted by atomic mass is 10.1. The molecule has 0 amide bonds. The van der Waals surface area contributed by atoms with Gasteiger partial charge in [0.25, 0.3) is 5.56 Å². The van der Waals surface area contributed by atoms with Crippen molar-refractivity contribution in [1.29, 1.82) is 0 Å². The van der Waals surface area contributed by atoms with E-state index in [-0.39, 0.29) is 5.75 Å². The SMILES string of the molecule is CC(C)OC(=O)[C@@H](C)NP(=O)(OC[C@H]1OC(n2ccc(=O)[nH]c2=O)[C@@H](F)[C@@H]1O)Oc1ccccc1. The summed E-state index contributed by atoms with van der Waals surface area (Å²) < 4.78 is 50.4. The van der Waals surface area contributed by atoms with Crippen molar-refractivity contribution >= 4 is 13.7 Å². The van der Waals surface area contributed by atoms with E-state index in [1.54, 1.807) is 32.0 Å². The minimum absolute atomic E-state index is 0.154. The van der Waals surface area contributed by atoms with Crippen molar-refractivity contribution in [3.8, 4) is 5.75 Å². The standard InChI is InChI=1S/C21H27FN3O9P/c1-12(2)32-20(28)13(3)24-35(30,34-14-7-5-4-6-8-14)31-11-15-18(27)17(22)19(33-15)25-10-9-16(26)23-21(25)29/h4-10,12-13,15,17-19,27H,11H2,1-3H3,(H,24,30)(H,23,26,29)/t13-,15-,17+,18-,19?,35?/m1/s1. The maximum atomic E-state index is 14.7. The molecule has 35 heavy (non-hydrogen) atoms. The number of hydrogen-bond donors (Lipinski definition) is 3. The Balaban J connectivity index is 1.75. The maximum absolute atomic E-state index is 14.7. The van der Waals surface area contributed by atoms with Crippen molar-refractivity contribution in [1.82, 2.24) is 14.6 Å². The van der Waals surface area contributed by atoms with E-state index in [0.717, 1.165) is 16.8 Å². The van der Waals surface area contributed by atoms with Crippen LogP contribution in [-0.2, 0) is 23.4 Å². The van der Waals surface area contributed by atoms with Crippen LogP contribution in [0.5, 0.6) is 5.75 Å². The summed E-state index contributed by atoms with van der Waals surface area (Å²) in [6, 6.07) is 7.86. The van der Waals surface area contributed by atoms with E-state index in [0.29, 0.717) is 0 Å². The number of benzene rings is 1. The third kappa shape index (κ3) is 6.86. The molecular weight excluding hydrogens is 488 g/mol. The zero-order chi connectivity index (χ0) is 25.8. The van der Waals surface area contributed by atoms with Gasteiger partial charge in [-0.3, -0.25) is 23.7 Å². The number of halogens is 1. The second kappa shape index (κ2) is 11.3. The number of aromatic amines is 1. The molecule has 1 aromatic carbocycles. The number of alkyl halides is 1. The molecule has 0 saturated carbocycles. The van der Waals surface area contributed by atoms with Crippen LogP contribution >= 0.6 is 7.75 Å². The average molecular weight is 515 g/mol. The molecule has 0 radical (unpaired) electrons. The molecule has 192 valence electrons. The lowest BCUT2D eigenvalue weighted by molar-refractivity contribution is -0.149. The predicted octanol–water partition coefficient (Wildman–Crippen LogP) is 1.27. The fourth-order valence-corrected chi connectivity index (χ4v) is 4.70. The van der Waals surface area contributed by atoms with E-state index in [1.807, 2.05) is 4.98 Å². The molecular formula is C21H27FN3O9P. The largest absolute Gasteiger partial charge is 0.462 e. The minimum Gasteiger partial charge on any atom is -0.462 e. The summed E-state index contributed by atoms with van der Waals surface area (Å²) in [6.45, 7) is 4.07. The summed E-state index contributed by atoms with van der Waals surface area (Å²) in [4.78, 5) is 37.4. The topological polar surface area (TPSA) is 158 Å². The van der Waals surface area contributed by atoms with Crippen molar-refractivity contribution in [2.45, 2.75) is 57.5 Å². The summed E-state index contributed by atoms with van der Waals surface area (Å²) in [5.74, 6) is -0.555. The second-order valence-electron chi connectivity index (χ2n) is 8.05. The third-order valence-electron chi connectivity index (χ3n) is 4.85. The van der Waals surface area contributed by atoms with Gasteiger partial charge in [0.05, 0.1) is 12.7 Å². The molecule has 0 spiro atoms. The van der Waals surface area contributed by atoms with Gasteiger partial charge in [0.2, 0.25) is 0 Å². The molecule has 1 aromatic heterocycles. The van der Waals surface area contributed by atoms with Crippen molar-refractivity contribution in [2.24, 2.45) is 0 Å². The Morgan fingerprint density at radius 2 is 1.94 bits per heavy atom. The maximum Gasteiger partial charge on any atom is 0.459 e. The van der Waals surface area contributed by atoms with E-state index in [2.05, 4.69) is 5.09 Å². The Morgan fingerprint density at radius 3 is 2.57 bits per heavy atom. The zero-order valence-electron chi connectivity index (χ0n) is 19.2. The van der Waals surface area contributed by atoms with Gasteiger partial charge in [-0.2, -0.15) is 5.09 Å². The van der Waals surface area contributed by atoms with Gasteiger partial charge in [0.15, 0.2) is 12.4 Å². The van der Waals surface area contributed by atoms with E-state index in [9.17, 15) is 28.4 Å². The van der Waals surface area contributed by atoms with Gasteiger partial charge in [-0.25, -0.2) is 13.8 Å². The van der Waals surface area contributed by atoms with Gasteiger partial charge in [0.1, 0.15) is 24.0 Å². The Kier molecular flexibility index (Phi) is 8.62. The van der Waals surface area contributed by atoms with Crippen LogP contribution in [0.25, 0.3) is 0 Å². The van der Waals surface area contributed by atoms with Gasteiger partial charge in [-0.15, -0.1) is 0 Å². The fourth-order valence-electron chi connectivity index (χ4n) is 3.20. The normalized spacial score (nSPS) is 24.6. The molecule has 0 aliphatic carbocycles. The molecule has 3 N–H and O–H groups in total. The Hall–Kier alpha value is -2.83. The number of aromatic nitrogens is 2. The average Bonchev–Trinajstić information content (AvgIpc) is 3.06. The summed E-state index contributed by atoms with van der Waals surface area (Å²) in [5, 5.41) is 12.8. The zero-order valence-corrected chi connectivity index (χ0v) is 20.1. The summed E-state index contributed by atoms with van der Waals surface area (Å²) in [5.41, 5.74) is -1.62. The van der Waals surface area contributed by atoms with Gasteiger partial charge in [-0.1, -0.05) is 18.2 Å². The van der Waals surface area contributed by atoms with E-state index < -0.39 is 68.3 Å². The number of ether oxygens (including phenoxy) is 2. The molecule has 6 atom stereocenters. The third-order valence-corrected chi connectivity index (χ3v) is 6.50. The first-order valence-electron chi connectivity index (χ1n) is 10.8. The molecule has 0 bridgehead atoms. The first kappa shape index (κ1) is 26.8. The number of carbonyl (C=O) groups excluding carboxylic acids is 1. The predicted molar refractivity (Wildman–Crippen MR) is 121 cm³/mol. The molecule has 1 saturated heterocycles. The first-order chi connectivity index (χ1) is 16.5. The molecule has 2 unspecified atom stereocenters. The van der Waals surface area contributed by atoms with Gasteiger partial charge in [-0.05, 0) is 32.9 Å². The summed E-state index contributed by atoms with van der Waals surface area (Å²) in [7, 11) is -4.28. The van der Waals surface area contributed by atoms with Crippen LogP contribution in [0.3, 0.4) is 0 Å². The van der Waals surface area contributed by atoms with E-state index in [1.165, 1.54) is 19.1 Å². The van der Waals surface area contributed by atoms with Crippen LogP contribution in [0.2, 0.25) is 0 Å². The monoisotopic (exact) mass is 515 g/mol. The molecule has 1 fully saturated rings. The van der Waals surface area contributed by atoms with Gasteiger partial charge in [0, 0.05) is 12.3 Å². The lowest BCUT2D eigenvalue weighted by Gasteiger charge is -2.25. The number of aliphatic hydroxyl groups is 1. The molecule has 1 aliphatic heterocycles. The fraction of sp³-hybridized carbons (Fsp3) is 0.476. The molecule has 3 rings (SSSR count). The highest BCUT2D eigenvalue weighted by atomic mass is 31.2. The van der Waals surface area contributed by atoms with Crippen LogP contribution in [0.15, 0.2) is 52.2 Å². The number of carbonyl (C=O) groups is 1. The molecule has 14 heteroatoms. The summed E-state index contributed by atoms with van der Waals surface area (Å²) >= 11 is 0. The Labute approximate surface area is 199 Å². The van der Waals surface area contributed by atoms with E-state index >= 15 is 0 Å². The quantitative estimate of drug-likeness (QED) is 0.311. The van der Waals surface area contributed by atoms with Crippen LogP contribution in [-0.4, -0.2) is 57.8 Å². The number of esters is 1. The van der Waals surface area contributed by atoms with Gasteiger partial charge >= 0.3 is 19.4 Å². The highest BCUT2D eigenvalue weighted by Crippen LogP contribution is 2.46. The number of nitrogens with one attached hydrogen (secondary N) is 2. The number of H-pyrrole nitrogens is 1. The van der Waals surface area contributed by atoms with Crippen molar-refractivity contribution < 1.29 is 37.4 Å². The van der Waals surface area contributed by atoms with Crippen molar-refractivity contribution in [3.63, 3.8) is 0 Å². The highest BCUT2D eigenvalue weighted by molar-refractivity contribution is 7.52. The summed E-state index contributed by atoms with van der Waals surface area (Å²) in [6.07, 6.45) is -6.13. The molecule has 1 aliphatic rings. The number of rotatable bonds is 10. The molecule has 12 nitrogen and oxygen atoms in total. The van der Waals surface area contributed by atoms with Crippen LogP contribution < -0.4 is 20.9 Å². The van der Waals surface area contributed by atoms with Crippen molar-refractivity contribution in [2.75, 3.05) is 6.61 Å². The number of para-hydroxylation sites is 1. The van der Waals surface area contributed by atoms with Gasteiger partial charge < -0.3 is 19.1 Å². The number of nitrogens with zero attached hydrogens (tertiary/aromatic N) is 1. The lowest BCUT2D eigenvalue weighted by Crippen LogP contribution is -2.37. The number of aliphatic hydroxyl groups excluding tert-OH is 1. The second-order valence-corrected chi connectivity index (χ2v) is 9.75. The highest BCUT2D eigenvalue weighted by Gasteiger charge is 2.47. The smallest absolute Gasteiger partial charge is 0.459 e. The van der Waals surface area contributed by atoms with E-state index in [4.69, 9.17) is 18.5 Å². The minimum atomic E-state index is -4.28. The van der Waals surface area contributed by atoms with Crippen molar-refractivity contribution in [3.05, 3.63) is 63.4 Å². The van der Waals surface area contributed by atoms with Crippen LogP contribution in [0.4, 0.5) is 4.39 Å². The van der Waals surface area contributed by atoms with Crippen LogP contribution in [0, 0.1) is 0 Å². The van der Waals surface area contributed by atoms with Crippen LogP contribution in [0.1, 0.15) is 27.0 Å². The molecule has 2 aromatic rings. The number of hydrogen-bond acceptors (Lipinski definition) is 9. The Morgan fingerprint density at radius 1 is 1.26 bits per heavy atom. The first-order valence-corrected chi connectivity index (χ1v) is 12.3. The molecule has 2 heterocycles. The Bertz CT molecular complexity index is 1170.